The Balaban J connectivity index is 1.84. The van der Waals surface area contributed by atoms with Gasteiger partial charge in [-0.1, -0.05) is 34.5 Å². The summed E-state index contributed by atoms with van der Waals surface area (Å²) in [6, 6.07) is 4.58. The van der Waals surface area contributed by atoms with Crippen molar-refractivity contribution in [3.8, 4) is 0 Å². The van der Waals surface area contributed by atoms with Crippen LogP contribution in [0.4, 0.5) is 10.3 Å². The number of amides is 1. The summed E-state index contributed by atoms with van der Waals surface area (Å²) in [5, 5.41) is 14.8. The molecule has 1 heterocycles. The molecule has 1 aromatic carbocycles. The van der Waals surface area contributed by atoms with Gasteiger partial charge in [-0.25, -0.2) is 0 Å². The van der Waals surface area contributed by atoms with E-state index in [0.717, 1.165) is 11.3 Å². The number of hydrogen-bond acceptors (Lipinski definition) is 7. The molecule has 0 saturated heterocycles. The lowest BCUT2D eigenvalue weighted by atomic mass is 10.2. The number of esters is 1. The Morgan fingerprint density at radius 2 is 1.85 bits per heavy atom. The summed E-state index contributed by atoms with van der Waals surface area (Å²) in [5.41, 5.74) is -0.156. The van der Waals surface area contributed by atoms with E-state index in [0.29, 0.717) is 32.4 Å². The molecule has 0 bridgehead atoms. The Bertz CT molecular complexity index is 805. The number of carbonyl (C=O) groups excluding carboxylic acids is 2. The molecule has 2 rings (SSSR count). The molecular weight excluding hydrogens is 399 g/mol. The zero-order valence-electron chi connectivity index (χ0n) is 14.4. The average molecular weight is 417 g/mol. The van der Waals surface area contributed by atoms with Gasteiger partial charge in [0.1, 0.15) is 5.60 Å². The summed E-state index contributed by atoms with van der Waals surface area (Å²) in [6.45, 7) is 5.79. The van der Waals surface area contributed by atoms with Gasteiger partial charge in [-0.3, -0.25) is 14.9 Å². The molecule has 1 amide bonds. The minimum Gasteiger partial charge on any atom is -0.460 e. The second-order valence-corrected chi connectivity index (χ2v) is 8.05. The van der Waals surface area contributed by atoms with Gasteiger partial charge in [0.15, 0.2) is 0 Å². The van der Waals surface area contributed by atoms with Crippen LogP contribution in [0.5, 0.6) is 0 Å². The molecule has 0 radical (unpaired) electrons. The predicted octanol–water partition coefficient (Wildman–Crippen LogP) is 4.24. The third-order valence-corrected chi connectivity index (χ3v) is 4.39. The number of benzene rings is 1. The molecule has 10 heteroatoms. The SMILES string of the molecule is CC(C)(C)OC(=O)CCNc1nnc(NC(=O)c2ccc(Cl)c(Cl)c2)s1. The van der Waals surface area contributed by atoms with Crippen LogP contribution < -0.4 is 10.6 Å². The zero-order chi connectivity index (χ0) is 19.3. The zero-order valence-corrected chi connectivity index (χ0v) is 16.8. The normalized spacial score (nSPS) is 11.1. The molecule has 0 fully saturated rings. The summed E-state index contributed by atoms with van der Waals surface area (Å²) in [4.78, 5) is 23.8. The van der Waals surface area contributed by atoms with Crippen molar-refractivity contribution in [2.75, 3.05) is 17.2 Å². The van der Waals surface area contributed by atoms with Gasteiger partial charge in [-0.05, 0) is 39.0 Å². The maximum Gasteiger partial charge on any atom is 0.308 e. The Kier molecular flexibility index (Phi) is 6.80. The molecule has 0 saturated carbocycles. The fraction of sp³-hybridized carbons (Fsp3) is 0.375. The first-order valence-electron chi connectivity index (χ1n) is 7.70. The number of carbonyl (C=O) groups is 2. The third-order valence-electron chi connectivity index (χ3n) is 2.85. The lowest BCUT2D eigenvalue weighted by Gasteiger charge is -2.19. The van der Waals surface area contributed by atoms with Gasteiger partial charge in [0.05, 0.1) is 16.5 Å². The monoisotopic (exact) mass is 416 g/mol. The molecule has 1 aromatic heterocycles. The second kappa shape index (κ2) is 8.66. The molecule has 2 N–H and O–H groups in total. The lowest BCUT2D eigenvalue weighted by molar-refractivity contribution is -0.154. The number of nitrogens with one attached hydrogen (secondary N) is 2. The molecule has 0 aliphatic carbocycles. The molecule has 0 aliphatic heterocycles. The molecule has 0 aliphatic rings. The van der Waals surface area contributed by atoms with Crippen LogP contribution in [0.1, 0.15) is 37.6 Å². The van der Waals surface area contributed by atoms with Gasteiger partial charge < -0.3 is 10.1 Å². The summed E-state index contributed by atoms with van der Waals surface area (Å²) >= 11 is 12.9. The van der Waals surface area contributed by atoms with Gasteiger partial charge in [-0.2, -0.15) is 0 Å². The van der Waals surface area contributed by atoms with E-state index in [9.17, 15) is 9.59 Å². The molecule has 7 nitrogen and oxygen atoms in total. The van der Waals surface area contributed by atoms with E-state index in [2.05, 4.69) is 20.8 Å². The van der Waals surface area contributed by atoms with Crippen LogP contribution in [0.2, 0.25) is 10.0 Å². The van der Waals surface area contributed by atoms with E-state index in [1.54, 1.807) is 12.1 Å². The van der Waals surface area contributed by atoms with Crippen LogP contribution in [0.25, 0.3) is 0 Å². The maximum absolute atomic E-state index is 12.2. The topological polar surface area (TPSA) is 93.2 Å². The second-order valence-electron chi connectivity index (χ2n) is 6.26. The van der Waals surface area contributed by atoms with Gasteiger partial charge in [0, 0.05) is 12.1 Å². The van der Waals surface area contributed by atoms with Crippen molar-refractivity contribution in [2.45, 2.75) is 32.8 Å². The van der Waals surface area contributed by atoms with E-state index >= 15 is 0 Å². The van der Waals surface area contributed by atoms with Gasteiger partial charge in [-0.15, -0.1) is 10.2 Å². The van der Waals surface area contributed by atoms with E-state index in [1.807, 2.05) is 20.8 Å². The Morgan fingerprint density at radius 3 is 2.50 bits per heavy atom. The highest BCUT2D eigenvalue weighted by Crippen LogP contribution is 2.24. The Morgan fingerprint density at radius 1 is 1.15 bits per heavy atom. The number of rotatable bonds is 6. The van der Waals surface area contributed by atoms with E-state index in [-0.39, 0.29) is 18.3 Å². The summed E-state index contributed by atoms with van der Waals surface area (Å²) < 4.78 is 5.21. The fourth-order valence-corrected chi connectivity index (χ4v) is 2.78. The number of ether oxygens (including phenoxy) is 1. The van der Waals surface area contributed by atoms with Crippen LogP contribution in [0.15, 0.2) is 18.2 Å². The van der Waals surface area contributed by atoms with Crippen molar-refractivity contribution in [3.05, 3.63) is 33.8 Å². The minimum absolute atomic E-state index is 0.196. The first kappa shape index (κ1) is 20.4. The number of anilines is 2. The highest BCUT2D eigenvalue weighted by Gasteiger charge is 2.16. The van der Waals surface area contributed by atoms with Crippen LogP contribution in [-0.2, 0) is 9.53 Å². The lowest BCUT2D eigenvalue weighted by Crippen LogP contribution is -2.25. The average Bonchev–Trinajstić information content (AvgIpc) is 2.95. The molecule has 0 atom stereocenters. The van der Waals surface area contributed by atoms with E-state index in [4.69, 9.17) is 27.9 Å². The van der Waals surface area contributed by atoms with Gasteiger partial charge >= 0.3 is 5.97 Å². The summed E-state index contributed by atoms with van der Waals surface area (Å²) in [7, 11) is 0. The van der Waals surface area contributed by atoms with Crippen molar-refractivity contribution in [1.82, 2.24) is 10.2 Å². The maximum atomic E-state index is 12.2. The third kappa shape index (κ3) is 6.44. The van der Waals surface area contributed by atoms with Gasteiger partial charge in [0.25, 0.3) is 5.91 Å². The smallest absolute Gasteiger partial charge is 0.308 e. The highest BCUT2D eigenvalue weighted by molar-refractivity contribution is 7.19. The molecule has 140 valence electrons. The largest absolute Gasteiger partial charge is 0.460 e. The minimum atomic E-state index is -0.512. The first-order valence-corrected chi connectivity index (χ1v) is 9.27. The number of nitrogens with zero attached hydrogens (tertiary/aromatic N) is 2. The Hall–Kier alpha value is -1.90. The summed E-state index contributed by atoms with van der Waals surface area (Å²) in [6.07, 6.45) is 0.196. The van der Waals surface area contributed by atoms with Crippen LogP contribution in [-0.4, -0.2) is 34.2 Å². The standard InChI is InChI=1S/C16H18Cl2N4O3S/c1-16(2,3)25-12(23)6-7-19-14-21-22-15(26-14)20-13(24)9-4-5-10(17)11(18)8-9/h4-5,8H,6-7H2,1-3H3,(H,19,21)(H,20,22,24). The molecule has 0 spiro atoms. The van der Waals surface area contributed by atoms with Gasteiger partial charge in [0.2, 0.25) is 10.3 Å². The van der Waals surface area contributed by atoms with Crippen LogP contribution in [0, 0.1) is 0 Å². The number of halogens is 2. The van der Waals surface area contributed by atoms with Crippen molar-refractivity contribution in [3.63, 3.8) is 0 Å². The van der Waals surface area contributed by atoms with Crippen molar-refractivity contribution >= 4 is 56.7 Å². The Labute approximate surface area is 165 Å². The first-order chi connectivity index (χ1) is 12.1. The van der Waals surface area contributed by atoms with Crippen LogP contribution in [0.3, 0.4) is 0 Å². The van der Waals surface area contributed by atoms with E-state index < -0.39 is 5.60 Å². The van der Waals surface area contributed by atoms with Crippen LogP contribution >= 0.6 is 34.5 Å². The fourth-order valence-electron chi connectivity index (χ4n) is 1.82. The van der Waals surface area contributed by atoms with Crippen molar-refractivity contribution < 1.29 is 14.3 Å². The predicted molar refractivity (Wildman–Crippen MR) is 103 cm³/mol. The summed E-state index contributed by atoms with van der Waals surface area (Å²) in [5.74, 6) is -0.678. The molecule has 0 unspecified atom stereocenters. The highest BCUT2D eigenvalue weighted by atomic mass is 35.5. The quantitative estimate of drug-likeness (QED) is 0.683. The molecule has 26 heavy (non-hydrogen) atoms. The van der Waals surface area contributed by atoms with Crippen molar-refractivity contribution in [2.24, 2.45) is 0 Å². The molecule has 2 aromatic rings. The van der Waals surface area contributed by atoms with E-state index in [1.165, 1.54) is 6.07 Å². The number of aromatic nitrogens is 2. The molecular formula is C16H18Cl2N4O3S. The number of hydrogen-bond donors (Lipinski definition) is 2. The van der Waals surface area contributed by atoms with Crippen molar-refractivity contribution in [1.29, 1.82) is 0 Å².